The fraction of sp³-hybridized carbons (Fsp3) is 0.300. The predicted molar refractivity (Wildman–Crippen MR) is 99.6 cm³/mol. The van der Waals surface area contributed by atoms with E-state index in [4.69, 9.17) is 9.47 Å². The van der Waals surface area contributed by atoms with Gasteiger partial charge in [0.25, 0.3) is 0 Å². The zero-order valence-electron chi connectivity index (χ0n) is 14.6. The Morgan fingerprint density at radius 3 is 2.81 bits per heavy atom. The first-order valence-electron chi connectivity index (χ1n) is 8.95. The van der Waals surface area contributed by atoms with Crippen LogP contribution in [0.1, 0.15) is 35.7 Å². The highest BCUT2D eigenvalue weighted by Gasteiger charge is 2.31. The van der Waals surface area contributed by atoms with E-state index < -0.39 is 0 Å². The summed E-state index contributed by atoms with van der Waals surface area (Å²) < 4.78 is 27.0. The van der Waals surface area contributed by atoms with Gasteiger partial charge in [-0.05, 0) is 37.1 Å². The van der Waals surface area contributed by atoms with Crippen LogP contribution in [0.5, 0.6) is 5.75 Å². The van der Waals surface area contributed by atoms with Crippen molar-refractivity contribution in [2.24, 2.45) is 0 Å². The maximum Gasteiger partial charge on any atom is 0.196 e. The Kier molecular flexibility index (Phi) is 4.33. The Hall–Kier alpha value is -2.38. The van der Waals surface area contributed by atoms with Crippen LogP contribution in [0.4, 0.5) is 4.39 Å². The third kappa shape index (κ3) is 3.33. The van der Waals surface area contributed by atoms with Gasteiger partial charge < -0.3 is 9.47 Å². The van der Waals surface area contributed by atoms with Gasteiger partial charge in [0.05, 0.1) is 6.61 Å². The Labute approximate surface area is 160 Å². The van der Waals surface area contributed by atoms with Gasteiger partial charge in [0.15, 0.2) is 11.9 Å². The van der Waals surface area contributed by atoms with Crippen LogP contribution in [0.3, 0.4) is 0 Å². The van der Waals surface area contributed by atoms with Gasteiger partial charge in [-0.1, -0.05) is 30.0 Å². The molecule has 1 aliphatic carbocycles. The molecule has 27 heavy (non-hydrogen) atoms. The van der Waals surface area contributed by atoms with Crippen molar-refractivity contribution in [2.45, 2.75) is 36.3 Å². The van der Waals surface area contributed by atoms with Crippen LogP contribution in [0.15, 0.2) is 47.6 Å². The SMILES string of the molecule is Fc1cc2c(c(CSc3nnc(C4CC4)n3-c3ccccc3)c1)OCOC2. The second-order valence-corrected chi connectivity index (χ2v) is 7.68. The summed E-state index contributed by atoms with van der Waals surface area (Å²) in [5.41, 5.74) is 2.62. The summed E-state index contributed by atoms with van der Waals surface area (Å²) in [5, 5.41) is 9.67. The molecule has 2 aliphatic rings. The van der Waals surface area contributed by atoms with Crippen LogP contribution >= 0.6 is 11.8 Å². The molecule has 7 heteroatoms. The molecule has 138 valence electrons. The molecule has 5 nitrogen and oxygen atoms in total. The van der Waals surface area contributed by atoms with E-state index in [0.29, 0.717) is 18.3 Å². The number of rotatable bonds is 5. The van der Waals surface area contributed by atoms with Gasteiger partial charge in [0.1, 0.15) is 17.4 Å². The molecule has 2 heterocycles. The van der Waals surface area contributed by atoms with Crippen molar-refractivity contribution in [3.05, 3.63) is 65.2 Å². The summed E-state index contributed by atoms with van der Waals surface area (Å²) in [5.74, 6) is 2.49. The molecule has 0 radical (unpaired) electrons. The first-order chi connectivity index (χ1) is 13.3. The molecular weight excluding hydrogens is 365 g/mol. The lowest BCUT2D eigenvalue weighted by molar-refractivity contribution is -0.0171. The number of aromatic nitrogens is 3. The van der Waals surface area contributed by atoms with Crippen LogP contribution in [-0.4, -0.2) is 21.6 Å². The van der Waals surface area contributed by atoms with E-state index in [1.54, 1.807) is 11.8 Å². The highest BCUT2D eigenvalue weighted by atomic mass is 32.2. The number of hydrogen-bond acceptors (Lipinski definition) is 5. The largest absolute Gasteiger partial charge is 0.467 e. The quantitative estimate of drug-likeness (QED) is 0.610. The minimum absolute atomic E-state index is 0.197. The third-order valence-electron chi connectivity index (χ3n) is 4.72. The number of benzene rings is 2. The van der Waals surface area contributed by atoms with E-state index in [1.165, 1.54) is 12.1 Å². The lowest BCUT2D eigenvalue weighted by Crippen LogP contribution is -2.13. The van der Waals surface area contributed by atoms with Gasteiger partial charge in [-0.3, -0.25) is 4.57 Å². The maximum atomic E-state index is 14.0. The molecule has 1 fully saturated rings. The third-order valence-corrected chi connectivity index (χ3v) is 5.70. The average molecular weight is 383 g/mol. The maximum absolute atomic E-state index is 14.0. The fourth-order valence-corrected chi connectivity index (χ4v) is 4.23. The molecule has 0 unspecified atom stereocenters. The van der Waals surface area contributed by atoms with Gasteiger partial charge in [-0.15, -0.1) is 10.2 Å². The van der Waals surface area contributed by atoms with Crippen LogP contribution in [0.25, 0.3) is 5.69 Å². The van der Waals surface area contributed by atoms with Gasteiger partial charge >= 0.3 is 0 Å². The van der Waals surface area contributed by atoms with Crippen molar-refractivity contribution in [2.75, 3.05) is 6.79 Å². The zero-order chi connectivity index (χ0) is 18.2. The lowest BCUT2D eigenvalue weighted by atomic mass is 10.1. The van der Waals surface area contributed by atoms with E-state index in [-0.39, 0.29) is 12.6 Å². The van der Waals surface area contributed by atoms with Crippen molar-refractivity contribution >= 4 is 11.8 Å². The van der Waals surface area contributed by atoms with E-state index >= 15 is 0 Å². The van der Waals surface area contributed by atoms with Crippen molar-refractivity contribution in [3.8, 4) is 11.4 Å². The minimum atomic E-state index is -0.276. The molecule has 3 aromatic rings. The number of para-hydroxylation sites is 1. The summed E-state index contributed by atoms with van der Waals surface area (Å²) in [6, 6.07) is 13.1. The van der Waals surface area contributed by atoms with Crippen LogP contribution in [0, 0.1) is 5.82 Å². The summed E-state index contributed by atoms with van der Waals surface area (Å²) in [6.45, 7) is 0.569. The first kappa shape index (κ1) is 16.8. The molecule has 1 aromatic heterocycles. The fourth-order valence-electron chi connectivity index (χ4n) is 3.31. The molecule has 0 bridgehead atoms. The van der Waals surface area contributed by atoms with Crippen molar-refractivity contribution < 1.29 is 13.9 Å². The first-order valence-corrected chi connectivity index (χ1v) is 9.93. The number of ether oxygens (including phenoxy) is 2. The van der Waals surface area contributed by atoms with Gasteiger partial charge in [-0.25, -0.2) is 4.39 Å². The molecule has 0 atom stereocenters. The molecule has 5 rings (SSSR count). The number of nitrogens with zero attached hydrogens (tertiary/aromatic N) is 3. The molecule has 0 amide bonds. The molecular formula is C20H18FN3O2S. The molecule has 1 aliphatic heterocycles. The smallest absolute Gasteiger partial charge is 0.196 e. The summed E-state index contributed by atoms with van der Waals surface area (Å²) in [6.07, 6.45) is 2.31. The van der Waals surface area contributed by atoms with Crippen molar-refractivity contribution in [1.82, 2.24) is 14.8 Å². The normalized spacial score (nSPS) is 16.0. The predicted octanol–water partition coefficient (Wildman–Crippen LogP) is 4.44. The van der Waals surface area contributed by atoms with E-state index in [2.05, 4.69) is 26.9 Å². The topological polar surface area (TPSA) is 49.2 Å². The Bertz CT molecular complexity index is 973. The molecule has 2 aromatic carbocycles. The zero-order valence-corrected chi connectivity index (χ0v) is 15.4. The Morgan fingerprint density at radius 1 is 1.15 bits per heavy atom. The summed E-state index contributed by atoms with van der Waals surface area (Å²) >= 11 is 1.54. The monoisotopic (exact) mass is 383 g/mol. The van der Waals surface area contributed by atoms with E-state index in [0.717, 1.165) is 46.4 Å². The number of fused-ring (bicyclic) bond motifs is 1. The molecule has 0 spiro atoms. The van der Waals surface area contributed by atoms with Gasteiger partial charge in [0.2, 0.25) is 0 Å². The van der Waals surface area contributed by atoms with Gasteiger partial charge in [-0.2, -0.15) is 0 Å². The number of hydrogen-bond donors (Lipinski definition) is 0. The highest BCUT2D eigenvalue weighted by Crippen LogP contribution is 2.42. The summed E-state index contributed by atoms with van der Waals surface area (Å²) in [7, 11) is 0. The summed E-state index contributed by atoms with van der Waals surface area (Å²) in [4.78, 5) is 0. The molecule has 0 saturated heterocycles. The second kappa shape index (κ2) is 6.98. The average Bonchev–Trinajstić information content (AvgIpc) is 3.46. The molecule has 1 saturated carbocycles. The standard InChI is InChI=1S/C20H18FN3O2S/c21-16-8-14-10-25-12-26-18(14)15(9-16)11-27-20-23-22-19(13-6-7-13)24(20)17-4-2-1-3-5-17/h1-5,8-9,13H,6-7,10-12H2. The van der Waals surface area contributed by atoms with Crippen LogP contribution < -0.4 is 4.74 Å². The Morgan fingerprint density at radius 2 is 2.00 bits per heavy atom. The molecule has 0 N–H and O–H groups in total. The van der Waals surface area contributed by atoms with Crippen molar-refractivity contribution in [1.29, 1.82) is 0 Å². The Balaban J connectivity index is 1.46. The van der Waals surface area contributed by atoms with E-state index in [1.807, 2.05) is 18.2 Å². The van der Waals surface area contributed by atoms with Crippen LogP contribution in [0.2, 0.25) is 0 Å². The van der Waals surface area contributed by atoms with E-state index in [9.17, 15) is 4.39 Å². The van der Waals surface area contributed by atoms with Crippen molar-refractivity contribution in [3.63, 3.8) is 0 Å². The highest BCUT2D eigenvalue weighted by molar-refractivity contribution is 7.98. The minimum Gasteiger partial charge on any atom is -0.467 e. The number of thioether (sulfide) groups is 1. The number of halogens is 1. The van der Waals surface area contributed by atoms with Gasteiger partial charge in [0, 0.05) is 28.5 Å². The second-order valence-electron chi connectivity index (χ2n) is 6.74. The van der Waals surface area contributed by atoms with Crippen LogP contribution in [-0.2, 0) is 17.1 Å². The lowest BCUT2D eigenvalue weighted by Gasteiger charge is -2.20.